The maximum atomic E-state index is 2.64. The Morgan fingerprint density at radius 1 is 0.264 bits per heavy atom. The Bertz CT molecular complexity index is 5100. The van der Waals surface area contributed by atoms with E-state index >= 15 is 0 Å². The maximum Gasteiger partial charge on any atom is 0.252 e. The van der Waals surface area contributed by atoms with Gasteiger partial charge in [-0.15, -0.1) is 0 Å². The molecule has 18 rings (SSSR count). The molecule has 4 aliphatic heterocycles. The Kier molecular flexibility index (Phi) is 12.0. The van der Waals surface area contributed by atoms with Crippen LogP contribution < -0.4 is 57.3 Å². The van der Waals surface area contributed by atoms with Crippen molar-refractivity contribution in [1.82, 2.24) is 0 Å². The molecule has 0 saturated carbocycles. The summed E-state index contributed by atoms with van der Waals surface area (Å²) in [6, 6.07) is 118. The van der Waals surface area contributed by atoms with Crippen molar-refractivity contribution in [3.05, 3.63) is 321 Å². The molecule has 4 heterocycles. The highest BCUT2D eigenvalue weighted by molar-refractivity contribution is 7.03. The van der Waals surface area contributed by atoms with E-state index in [1.54, 1.807) is 0 Å². The highest BCUT2D eigenvalue weighted by Gasteiger charge is 2.49. The molecule has 0 aliphatic carbocycles. The third-order valence-corrected chi connectivity index (χ3v) is 19.4. The van der Waals surface area contributed by atoms with E-state index in [2.05, 4.69) is 361 Å². The zero-order chi connectivity index (χ0) is 60.5. The molecule has 0 atom stereocenters. The first-order chi connectivity index (χ1) is 44.9. The van der Waals surface area contributed by atoms with Gasteiger partial charge in [-0.25, -0.2) is 0 Å². The van der Waals surface area contributed by atoms with Gasteiger partial charge in [0.05, 0.1) is 5.69 Å². The van der Waals surface area contributed by atoms with Gasteiger partial charge in [0.1, 0.15) is 0 Å². The lowest BCUT2D eigenvalue weighted by atomic mass is 9.30. The van der Waals surface area contributed by atoms with Crippen molar-refractivity contribution < 1.29 is 0 Å². The van der Waals surface area contributed by atoms with E-state index in [-0.39, 0.29) is 18.8 Å². The Morgan fingerprint density at radius 3 is 0.967 bits per heavy atom. The molecule has 91 heavy (non-hydrogen) atoms. The van der Waals surface area contributed by atoms with Gasteiger partial charge < -0.3 is 24.5 Å². The molecule has 0 bridgehead atoms. The van der Waals surface area contributed by atoms with Crippen molar-refractivity contribution in [2.45, 2.75) is 26.2 Å². The number of hydrogen-bond donors (Lipinski definition) is 0. The molecule has 5 nitrogen and oxygen atoms in total. The van der Waals surface area contributed by atoms with E-state index in [4.69, 9.17) is 0 Å². The molecule has 14 aromatic carbocycles. The number of benzene rings is 14. The number of anilines is 15. The highest BCUT2D eigenvalue weighted by Crippen LogP contribution is 2.53. The second-order valence-corrected chi connectivity index (χ2v) is 25.6. The first kappa shape index (κ1) is 52.8. The largest absolute Gasteiger partial charge is 0.311 e. The standard InChI is InChI=1S/C84H61B2N5/c1-84(2,3)81-66-44-24-22-42-64(66)80(65-43-23-25-45-67(65)81)56-50-76-82-77(51-56)90(61-38-18-8-19-39-61)74-55-75-71(54-70(74)85(82)68-46-26-28-48-72(68)88(76)59-34-14-6-15-35-59)86-69-47-27-29-49-73(69)89(60-36-16-7-17-37-60)78-52-63(53-79(83(78)86)91(75)62-40-20-9-21-41-62)87(57-30-10-4-11-31-57)58-32-12-5-13-33-58/h4-55H,1-3H3. The SMILES string of the molecule is CC(C)(C)c1c2ccccc2c(-c2cc3c4c(c2)N(c2ccccc2)c2cc5c(cc2B4c2ccccc2N3c2ccccc2)B2c3ccccc3N(c3ccccc3)c3cc(N(c4ccccc4)c4ccccc4)cc(c32)N5c2ccccc2)c2ccccc12. The van der Waals surface area contributed by atoms with Crippen LogP contribution in [0.2, 0.25) is 0 Å². The molecule has 7 heteroatoms. The van der Waals surface area contributed by atoms with Gasteiger partial charge in [0, 0.05) is 79.6 Å². The summed E-state index contributed by atoms with van der Waals surface area (Å²) in [6.07, 6.45) is 0. The minimum absolute atomic E-state index is 0.116. The summed E-state index contributed by atoms with van der Waals surface area (Å²) in [5.41, 5.74) is 28.2. The van der Waals surface area contributed by atoms with Gasteiger partial charge in [-0.3, -0.25) is 0 Å². The molecular formula is C84H61B2N5. The average Bonchev–Trinajstić information content (AvgIpc) is 0.697. The first-order valence-corrected chi connectivity index (χ1v) is 31.8. The maximum absolute atomic E-state index is 2.64. The molecule has 0 saturated heterocycles. The molecule has 4 aliphatic rings. The normalized spacial score (nSPS) is 13.3. The summed E-state index contributed by atoms with van der Waals surface area (Å²) < 4.78 is 0. The van der Waals surface area contributed by atoms with Crippen molar-refractivity contribution in [1.29, 1.82) is 0 Å². The quantitative estimate of drug-likeness (QED) is 0.111. The fourth-order valence-electron chi connectivity index (χ4n) is 15.9. The van der Waals surface area contributed by atoms with E-state index in [9.17, 15) is 0 Å². The predicted octanol–water partition coefficient (Wildman–Crippen LogP) is 18.6. The topological polar surface area (TPSA) is 16.2 Å². The van der Waals surface area contributed by atoms with E-state index < -0.39 is 0 Å². The number of fused-ring (bicyclic) bond motifs is 10. The van der Waals surface area contributed by atoms with Gasteiger partial charge >= 0.3 is 0 Å². The van der Waals surface area contributed by atoms with Crippen LogP contribution in [0, 0.1) is 0 Å². The van der Waals surface area contributed by atoms with Crippen molar-refractivity contribution in [2.24, 2.45) is 0 Å². The van der Waals surface area contributed by atoms with E-state index in [1.807, 2.05) is 0 Å². The Morgan fingerprint density at radius 2 is 0.582 bits per heavy atom. The summed E-state index contributed by atoms with van der Waals surface area (Å²) in [6.45, 7) is 6.78. The third-order valence-electron chi connectivity index (χ3n) is 19.4. The van der Waals surface area contributed by atoms with E-state index in [0.29, 0.717) is 0 Å². The van der Waals surface area contributed by atoms with Gasteiger partial charge in [-0.05, 0) is 192 Å². The monoisotopic (exact) mass is 1160 g/mol. The lowest BCUT2D eigenvalue weighted by molar-refractivity contribution is 0.601. The zero-order valence-electron chi connectivity index (χ0n) is 50.9. The molecule has 428 valence electrons. The van der Waals surface area contributed by atoms with E-state index in [0.717, 1.165) is 68.2 Å². The van der Waals surface area contributed by atoms with Crippen molar-refractivity contribution in [2.75, 3.05) is 24.5 Å². The summed E-state index contributed by atoms with van der Waals surface area (Å²) in [5.74, 6) is 0. The summed E-state index contributed by atoms with van der Waals surface area (Å²) in [7, 11) is 0. The molecule has 0 spiro atoms. The summed E-state index contributed by atoms with van der Waals surface area (Å²) in [4.78, 5) is 12.7. The van der Waals surface area contributed by atoms with E-state index in [1.165, 1.54) is 88.1 Å². The predicted molar refractivity (Wildman–Crippen MR) is 388 cm³/mol. The molecule has 0 fully saturated rings. The van der Waals surface area contributed by atoms with Crippen LogP contribution >= 0.6 is 0 Å². The van der Waals surface area contributed by atoms with Crippen molar-refractivity contribution in [3.8, 4) is 11.1 Å². The molecule has 0 amide bonds. The minimum atomic E-state index is -0.150. The molecular weight excluding hydrogens is 1100 g/mol. The summed E-state index contributed by atoms with van der Waals surface area (Å²) in [5, 5.41) is 5.08. The van der Waals surface area contributed by atoms with Crippen LogP contribution in [0.1, 0.15) is 26.3 Å². The van der Waals surface area contributed by atoms with Crippen LogP contribution in [-0.4, -0.2) is 13.4 Å². The Hall–Kier alpha value is -11.3. The number of para-hydroxylation sites is 8. The zero-order valence-corrected chi connectivity index (χ0v) is 50.9. The van der Waals surface area contributed by atoms with Crippen molar-refractivity contribution in [3.63, 3.8) is 0 Å². The number of rotatable bonds is 8. The second-order valence-electron chi connectivity index (χ2n) is 25.6. The Balaban J connectivity index is 0.973. The van der Waals surface area contributed by atoms with Gasteiger partial charge in [-0.1, -0.05) is 221 Å². The fourth-order valence-corrected chi connectivity index (χ4v) is 15.9. The van der Waals surface area contributed by atoms with Crippen LogP contribution in [-0.2, 0) is 5.41 Å². The van der Waals surface area contributed by atoms with Crippen LogP contribution in [0.15, 0.2) is 315 Å². The van der Waals surface area contributed by atoms with Gasteiger partial charge in [0.2, 0.25) is 0 Å². The third kappa shape index (κ3) is 8.13. The average molecular weight is 1160 g/mol. The van der Waals surface area contributed by atoms with Crippen LogP contribution in [0.25, 0.3) is 32.7 Å². The second kappa shape index (κ2) is 20.7. The molecule has 0 N–H and O–H groups in total. The molecule has 14 aromatic rings. The van der Waals surface area contributed by atoms with Crippen molar-refractivity contribution >= 4 is 153 Å². The Labute approximate surface area is 532 Å². The lowest BCUT2D eigenvalue weighted by Gasteiger charge is -2.47. The molecule has 0 aromatic heterocycles. The molecule has 0 radical (unpaired) electrons. The number of nitrogens with zero attached hydrogens (tertiary/aromatic N) is 5. The first-order valence-electron chi connectivity index (χ1n) is 31.8. The van der Waals surface area contributed by atoms with Crippen LogP contribution in [0.4, 0.5) is 85.3 Å². The highest BCUT2D eigenvalue weighted by atomic mass is 15.2. The fraction of sp³-hybridized carbons (Fsp3) is 0.0476. The minimum Gasteiger partial charge on any atom is -0.311 e. The lowest BCUT2D eigenvalue weighted by Crippen LogP contribution is -2.65. The van der Waals surface area contributed by atoms with Crippen LogP contribution in [0.3, 0.4) is 0 Å². The number of hydrogen-bond acceptors (Lipinski definition) is 5. The smallest absolute Gasteiger partial charge is 0.252 e. The van der Waals surface area contributed by atoms with Crippen LogP contribution in [0.5, 0.6) is 0 Å². The van der Waals surface area contributed by atoms with Gasteiger partial charge in [-0.2, -0.15) is 0 Å². The van der Waals surface area contributed by atoms with Gasteiger partial charge in [0.25, 0.3) is 13.4 Å². The van der Waals surface area contributed by atoms with Gasteiger partial charge in [0.15, 0.2) is 0 Å². The summed E-state index contributed by atoms with van der Waals surface area (Å²) >= 11 is 0. The molecule has 0 unspecified atom stereocenters.